The molecule has 0 bridgehead atoms. The Bertz CT molecular complexity index is 271. The van der Waals surface area contributed by atoms with E-state index in [0.717, 1.165) is 18.7 Å². The van der Waals surface area contributed by atoms with E-state index in [1.54, 1.807) is 0 Å². The molecule has 0 unspecified atom stereocenters. The van der Waals surface area contributed by atoms with E-state index in [1.807, 2.05) is 6.92 Å². The number of carboxylic acids is 1. The fourth-order valence-corrected chi connectivity index (χ4v) is 1.74. The summed E-state index contributed by atoms with van der Waals surface area (Å²) in [6.07, 6.45) is 1.27. The zero-order valence-electron chi connectivity index (χ0n) is 9.62. The molecule has 1 N–H and O–H groups in total. The summed E-state index contributed by atoms with van der Waals surface area (Å²) in [6, 6.07) is 0. The Balaban J connectivity index is 2.60. The minimum atomic E-state index is -0.876. The van der Waals surface area contributed by atoms with Crippen LogP contribution in [0.15, 0.2) is 11.6 Å². The van der Waals surface area contributed by atoms with Crippen molar-refractivity contribution in [2.45, 2.75) is 26.3 Å². The van der Waals surface area contributed by atoms with Gasteiger partial charge in [0.1, 0.15) is 0 Å². The average Bonchev–Trinajstić information content (AvgIpc) is 2.07. The summed E-state index contributed by atoms with van der Waals surface area (Å²) in [5.74, 6) is -0.876. The lowest BCUT2D eigenvalue weighted by atomic mass is 10.0. The van der Waals surface area contributed by atoms with Crippen LogP contribution >= 0.6 is 0 Å². The van der Waals surface area contributed by atoms with E-state index in [1.165, 1.54) is 6.08 Å². The molecule has 0 saturated carbocycles. The fourth-order valence-electron chi connectivity index (χ4n) is 1.74. The summed E-state index contributed by atoms with van der Waals surface area (Å²) >= 11 is 0. The van der Waals surface area contributed by atoms with Gasteiger partial charge in [-0.05, 0) is 20.8 Å². The van der Waals surface area contributed by atoms with Crippen molar-refractivity contribution in [2.24, 2.45) is 0 Å². The van der Waals surface area contributed by atoms with Crippen LogP contribution in [0.4, 0.5) is 0 Å². The Labute approximate surface area is 90.5 Å². The molecule has 4 heteroatoms. The predicted octanol–water partition coefficient (Wildman–Crippen LogP) is 1.13. The van der Waals surface area contributed by atoms with Crippen LogP contribution in [0.2, 0.25) is 0 Å². The van der Waals surface area contributed by atoms with Crippen LogP contribution in [0, 0.1) is 0 Å². The van der Waals surface area contributed by atoms with Crippen molar-refractivity contribution in [3.8, 4) is 0 Å². The lowest BCUT2D eigenvalue weighted by Crippen LogP contribution is -2.53. The maximum absolute atomic E-state index is 10.5. The first-order chi connectivity index (χ1) is 6.92. The Kier molecular flexibility index (Phi) is 3.88. The van der Waals surface area contributed by atoms with Crippen LogP contribution in [0.5, 0.6) is 0 Å². The smallest absolute Gasteiger partial charge is 0.328 e. The van der Waals surface area contributed by atoms with Gasteiger partial charge in [-0.15, -0.1) is 0 Å². The summed E-state index contributed by atoms with van der Waals surface area (Å²) in [7, 11) is 0. The van der Waals surface area contributed by atoms with E-state index in [0.29, 0.717) is 13.2 Å². The van der Waals surface area contributed by atoms with Crippen LogP contribution in [-0.2, 0) is 9.53 Å². The minimum Gasteiger partial charge on any atom is -0.478 e. The Morgan fingerprint density at radius 1 is 1.60 bits per heavy atom. The molecule has 86 valence electrons. The highest BCUT2D eigenvalue weighted by atomic mass is 16.5. The van der Waals surface area contributed by atoms with Crippen molar-refractivity contribution < 1.29 is 14.6 Å². The molecule has 1 heterocycles. The van der Waals surface area contributed by atoms with Gasteiger partial charge in [0.25, 0.3) is 0 Å². The van der Waals surface area contributed by atoms with Gasteiger partial charge < -0.3 is 9.84 Å². The molecule has 1 fully saturated rings. The molecule has 0 atom stereocenters. The summed E-state index contributed by atoms with van der Waals surface area (Å²) < 4.78 is 5.40. The normalized spacial score (nSPS) is 22.7. The molecule has 1 aliphatic rings. The number of rotatable bonds is 3. The van der Waals surface area contributed by atoms with Crippen LogP contribution in [0.1, 0.15) is 20.8 Å². The molecular weight excluding hydrogens is 194 g/mol. The van der Waals surface area contributed by atoms with E-state index in [9.17, 15) is 4.79 Å². The highest BCUT2D eigenvalue weighted by Gasteiger charge is 2.30. The summed E-state index contributed by atoms with van der Waals surface area (Å²) in [6.45, 7) is 9.05. The number of carboxylic acid groups (broad SMARTS) is 1. The lowest BCUT2D eigenvalue weighted by molar-refractivity contribution is -0.131. The van der Waals surface area contributed by atoms with Crippen LogP contribution in [0.25, 0.3) is 0 Å². The summed E-state index contributed by atoms with van der Waals surface area (Å²) in [4.78, 5) is 12.7. The molecule has 0 radical (unpaired) electrons. The monoisotopic (exact) mass is 213 g/mol. The molecule has 0 amide bonds. The van der Waals surface area contributed by atoms with Crippen molar-refractivity contribution in [1.82, 2.24) is 4.90 Å². The molecule has 0 aromatic rings. The van der Waals surface area contributed by atoms with Crippen molar-refractivity contribution >= 4 is 5.97 Å². The molecule has 1 rings (SSSR count). The second kappa shape index (κ2) is 4.77. The maximum Gasteiger partial charge on any atom is 0.328 e. The quantitative estimate of drug-likeness (QED) is 0.714. The van der Waals surface area contributed by atoms with Gasteiger partial charge in [0, 0.05) is 24.7 Å². The van der Waals surface area contributed by atoms with Gasteiger partial charge in [-0.1, -0.05) is 5.57 Å². The van der Waals surface area contributed by atoms with Crippen LogP contribution < -0.4 is 0 Å². The van der Waals surface area contributed by atoms with Gasteiger partial charge in [-0.3, -0.25) is 4.90 Å². The van der Waals surface area contributed by atoms with E-state index in [2.05, 4.69) is 18.7 Å². The number of aliphatic carboxylic acids is 1. The first kappa shape index (κ1) is 12.2. The molecule has 1 aliphatic heterocycles. The molecule has 1 saturated heterocycles. The summed E-state index contributed by atoms with van der Waals surface area (Å²) in [5.41, 5.74) is 0.865. The molecule has 4 nitrogen and oxygen atoms in total. The third kappa shape index (κ3) is 3.64. The number of morpholine rings is 1. The molecule has 0 spiro atoms. The standard InChI is InChI=1S/C11H19NO3/c1-9(6-10(13)14)7-12-4-5-15-8-11(12,2)3/h6H,4-5,7-8H2,1-3H3,(H,13,14). The van der Waals surface area contributed by atoms with Crippen LogP contribution in [-0.4, -0.2) is 47.8 Å². The molecule has 0 aliphatic carbocycles. The Hall–Kier alpha value is -0.870. The third-order valence-electron chi connectivity index (χ3n) is 2.63. The second-order valence-corrected chi connectivity index (χ2v) is 4.62. The van der Waals surface area contributed by atoms with Crippen LogP contribution in [0.3, 0.4) is 0 Å². The Morgan fingerprint density at radius 3 is 2.80 bits per heavy atom. The molecule has 15 heavy (non-hydrogen) atoms. The lowest BCUT2D eigenvalue weighted by Gasteiger charge is -2.42. The highest BCUT2D eigenvalue weighted by molar-refractivity contribution is 5.80. The van der Waals surface area contributed by atoms with E-state index < -0.39 is 5.97 Å². The number of ether oxygens (including phenoxy) is 1. The number of hydrogen-bond donors (Lipinski definition) is 1. The largest absolute Gasteiger partial charge is 0.478 e. The zero-order valence-corrected chi connectivity index (χ0v) is 9.62. The van der Waals surface area contributed by atoms with Gasteiger partial charge in [-0.2, -0.15) is 0 Å². The van der Waals surface area contributed by atoms with Crippen molar-refractivity contribution in [2.75, 3.05) is 26.3 Å². The number of hydrogen-bond acceptors (Lipinski definition) is 3. The van der Waals surface area contributed by atoms with Crippen molar-refractivity contribution in [1.29, 1.82) is 0 Å². The first-order valence-corrected chi connectivity index (χ1v) is 5.15. The topological polar surface area (TPSA) is 49.8 Å². The minimum absolute atomic E-state index is 0.00808. The van der Waals surface area contributed by atoms with Crippen molar-refractivity contribution in [3.05, 3.63) is 11.6 Å². The molecular formula is C11H19NO3. The zero-order chi connectivity index (χ0) is 11.5. The van der Waals surface area contributed by atoms with E-state index >= 15 is 0 Å². The van der Waals surface area contributed by atoms with Gasteiger partial charge >= 0.3 is 5.97 Å². The van der Waals surface area contributed by atoms with E-state index in [4.69, 9.17) is 9.84 Å². The Morgan fingerprint density at radius 2 is 2.27 bits per heavy atom. The van der Waals surface area contributed by atoms with E-state index in [-0.39, 0.29) is 5.54 Å². The summed E-state index contributed by atoms with van der Waals surface area (Å²) in [5, 5.41) is 8.62. The first-order valence-electron chi connectivity index (χ1n) is 5.15. The second-order valence-electron chi connectivity index (χ2n) is 4.62. The van der Waals surface area contributed by atoms with Crippen molar-refractivity contribution in [3.63, 3.8) is 0 Å². The van der Waals surface area contributed by atoms with Gasteiger partial charge in [0.05, 0.1) is 13.2 Å². The molecule has 0 aromatic carbocycles. The van der Waals surface area contributed by atoms with Gasteiger partial charge in [-0.25, -0.2) is 4.79 Å². The maximum atomic E-state index is 10.5. The molecule has 0 aromatic heterocycles. The van der Waals surface area contributed by atoms with Gasteiger partial charge in [0.15, 0.2) is 0 Å². The third-order valence-corrected chi connectivity index (χ3v) is 2.63. The SMILES string of the molecule is CC(=CC(=O)O)CN1CCOCC1(C)C. The number of carbonyl (C=O) groups is 1. The fraction of sp³-hybridized carbons (Fsp3) is 0.727. The van der Waals surface area contributed by atoms with Gasteiger partial charge in [0.2, 0.25) is 0 Å². The average molecular weight is 213 g/mol. The highest BCUT2D eigenvalue weighted by Crippen LogP contribution is 2.19. The number of nitrogens with zero attached hydrogens (tertiary/aromatic N) is 1. The predicted molar refractivity (Wildman–Crippen MR) is 57.9 cm³/mol.